The van der Waals surface area contributed by atoms with E-state index in [-0.39, 0.29) is 16.0 Å². The molecule has 0 atom stereocenters. The molecule has 0 spiro atoms. The number of hydrogen-bond donors (Lipinski definition) is 3. The molecule has 0 saturated heterocycles. The first kappa shape index (κ1) is 15.5. The Labute approximate surface area is 112 Å². The van der Waals surface area contributed by atoms with Crippen molar-refractivity contribution in [3.05, 3.63) is 23.8 Å². The molecule has 0 aromatic heterocycles. The number of nitrogens with two attached hydrogens (primary N) is 1. The summed E-state index contributed by atoms with van der Waals surface area (Å²) in [5, 5.41) is 17.2. The van der Waals surface area contributed by atoms with E-state index in [1.807, 2.05) is 20.8 Å². The van der Waals surface area contributed by atoms with Crippen molar-refractivity contribution in [3.63, 3.8) is 0 Å². The maximum Gasteiger partial charge on any atom is 0.337 e. The average molecular weight is 286 g/mol. The minimum Gasteiger partial charge on any atom is -0.478 e. The Balaban J connectivity index is 3.31. The van der Waals surface area contributed by atoms with E-state index in [9.17, 15) is 13.2 Å². The first-order valence-electron chi connectivity index (χ1n) is 5.75. The highest BCUT2D eigenvalue weighted by Crippen LogP contribution is 2.24. The van der Waals surface area contributed by atoms with Gasteiger partial charge in [0.15, 0.2) is 0 Å². The van der Waals surface area contributed by atoms with Crippen molar-refractivity contribution in [3.8, 4) is 0 Å². The van der Waals surface area contributed by atoms with Crippen LogP contribution in [-0.4, -0.2) is 25.0 Å². The van der Waals surface area contributed by atoms with E-state index in [0.29, 0.717) is 5.69 Å². The molecule has 0 amide bonds. The third kappa shape index (κ3) is 3.93. The van der Waals surface area contributed by atoms with Crippen molar-refractivity contribution < 1.29 is 18.3 Å². The van der Waals surface area contributed by atoms with Crippen molar-refractivity contribution in [2.75, 3.05) is 5.32 Å². The SMILES string of the molecule is CCC(C)(C)Nc1ccc(S(N)(=O)=O)cc1C(=O)O. The van der Waals surface area contributed by atoms with Crippen LogP contribution in [0.2, 0.25) is 0 Å². The molecule has 4 N–H and O–H groups in total. The standard InChI is InChI=1S/C12H18N2O4S/c1-4-12(2,3)14-10-6-5-8(19(13,17)18)7-9(10)11(15)16/h5-7,14H,4H2,1-3H3,(H,15,16)(H2,13,17,18). The summed E-state index contributed by atoms with van der Waals surface area (Å²) < 4.78 is 22.4. The summed E-state index contributed by atoms with van der Waals surface area (Å²) in [6, 6.07) is 3.77. The Kier molecular flexibility index (Phi) is 4.21. The Hall–Kier alpha value is -1.60. The normalized spacial score (nSPS) is 12.2. The van der Waals surface area contributed by atoms with E-state index >= 15 is 0 Å². The Morgan fingerprint density at radius 2 is 2.00 bits per heavy atom. The summed E-state index contributed by atoms with van der Waals surface area (Å²) in [4.78, 5) is 11.0. The zero-order valence-electron chi connectivity index (χ0n) is 11.1. The van der Waals surface area contributed by atoms with Crippen LogP contribution >= 0.6 is 0 Å². The van der Waals surface area contributed by atoms with Crippen molar-refractivity contribution in [2.24, 2.45) is 5.14 Å². The number of anilines is 1. The number of rotatable bonds is 5. The van der Waals surface area contributed by atoms with E-state index < -0.39 is 16.0 Å². The summed E-state index contributed by atoms with van der Waals surface area (Å²) in [6.45, 7) is 5.81. The van der Waals surface area contributed by atoms with Gasteiger partial charge >= 0.3 is 5.97 Å². The number of hydrogen-bond acceptors (Lipinski definition) is 4. The van der Waals surface area contributed by atoms with Gasteiger partial charge in [0.05, 0.1) is 10.5 Å². The molecule has 1 rings (SSSR count). The molecular formula is C12H18N2O4S. The second kappa shape index (κ2) is 5.18. The summed E-state index contributed by atoms with van der Waals surface area (Å²) >= 11 is 0. The van der Waals surface area contributed by atoms with Crippen LogP contribution in [0.25, 0.3) is 0 Å². The lowest BCUT2D eigenvalue weighted by atomic mass is 10.0. The van der Waals surface area contributed by atoms with E-state index in [2.05, 4.69) is 5.32 Å². The van der Waals surface area contributed by atoms with Crippen molar-refractivity contribution in [1.29, 1.82) is 0 Å². The average Bonchev–Trinajstić information content (AvgIpc) is 2.27. The van der Waals surface area contributed by atoms with Gasteiger partial charge in [0.1, 0.15) is 0 Å². The first-order valence-corrected chi connectivity index (χ1v) is 7.30. The predicted molar refractivity (Wildman–Crippen MR) is 72.8 cm³/mol. The van der Waals surface area contributed by atoms with Gasteiger partial charge in [-0.1, -0.05) is 6.92 Å². The molecule has 0 aliphatic heterocycles. The highest BCUT2D eigenvalue weighted by molar-refractivity contribution is 7.89. The van der Waals surface area contributed by atoms with Crippen LogP contribution in [0.4, 0.5) is 5.69 Å². The molecule has 0 unspecified atom stereocenters. The number of sulfonamides is 1. The van der Waals surface area contributed by atoms with Crippen LogP contribution in [-0.2, 0) is 10.0 Å². The zero-order chi connectivity index (χ0) is 14.8. The minimum atomic E-state index is -3.92. The summed E-state index contributed by atoms with van der Waals surface area (Å²) in [5.41, 5.74) is -0.0485. The lowest BCUT2D eigenvalue weighted by Crippen LogP contribution is -2.30. The minimum absolute atomic E-state index is 0.118. The molecule has 0 aliphatic carbocycles. The molecule has 1 aromatic carbocycles. The Morgan fingerprint density at radius 1 is 1.42 bits per heavy atom. The quantitative estimate of drug-likeness (QED) is 0.762. The van der Waals surface area contributed by atoms with Crippen molar-refractivity contribution >= 4 is 21.7 Å². The number of benzene rings is 1. The third-order valence-electron chi connectivity index (χ3n) is 2.91. The molecule has 0 heterocycles. The number of nitrogens with one attached hydrogen (secondary N) is 1. The van der Waals surface area contributed by atoms with Crippen LogP contribution in [0.15, 0.2) is 23.1 Å². The fraction of sp³-hybridized carbons (Fsp3) is 0.417. The predicted octanol–water partition coefficient (Wildman–Crippen LogP) is 1.63. The van der Waals surface area contributed by atoms with Gasteiger partial charge in [-0.2, -0.15) is 0 Å². The molecule has 6 nitrogen and oxygen atoms in total. The number of carboxylic acid groups (broad SMARTS) is 1. The highest BCUT2D eigenvalue weighted by Gasteiger charge is 2.20. The van der Waals surface area contributed by atoms with Crippen LogP contribution in [0, 0.1) is 0 Å². The van der Waals surface area contributed by atoms with Gasteiger partial charge in [-0.15, -0.1) is 0 Å². The molecule has 0 bridgehead atoms. The van der Waals surface area contributed by atoms with Crippen molar-refractivity contribution in [2.45, 2.75) is 37.6 Å². The second-order valence-electron chi connectivity index (χ2n) is 4.92. The fourth-order valence-corrected chi connectivity index (χ4v) is 1.98. The van der Waals surface area contributed by atoms with Crippen LogP contribution in [0.3, 0.4) is 0 Å². The molecular weight excluding hydrogens is 268 g/mol. The molecule has 7 heteroatoms. The van der Waals surface area contributed by atoms with E-state index in [1.165, 1.54) is 12.1 Å². The Morgan fingerprint density at radius 3 is 2.42 bits per heavy atom. The smallest absolute Gasteiger partial charge is 0.337 e. The largest absolute Gasteiger partial charge is 0.478 e. The molecule has 19 heavy (non-hydrogen) atoms. The number of carboxylic acids is 1. The van der Waals surface area contributed by atoms with E-state index in [4.69, 9.17) is 10.2 Å². The number of aromatic carboxylic acids is 1. The van der Waals surface area contributed by atoms with Gasteiger partial charge in [0.2, 0.25) is 10.0 Å². The molecule has 0 aliphatic rings. The number of carbonyl (C=O) groups is 1. The zero-order valence-corrected chi connectivity index (χ0v) is 11.9. The fourth-order valence-electron chi connectivity index (χ4n) is 1.44. The summed E-state index contributed by atoms with van der Waals surface area (Å²) in [6.07, 6.45) is 0.781. The van der Waals surface area contributed by atoms with Crippen LogP contribution < -0.4 is 10.5 Å². The first-order chi connectivity index (χ1) is 8.57. The van der Waals surface area contributed by atoms with Gasteiger partial charge in [0, 0.05) is 11.2 Å². The molecule has 0 radical (unpaired) electrons. The van der Waals surface area contributed by atoms with E-state index in [1.54, 1.807) is 0 Å². The van der Waals surface area contributed by atoms with Gasteiger partial charge in [0.25, 0.3) is 0 Å². The lowest BCUT2D eigenvalue weighted by molar-refractivity contribution is 0.0697. The number of primary sulfonamides is 1. The van der Waals surface area contributed by atoms with E-state index in [0.717, 1.165) is 12.5 Å². The highest BCUT2D eigenvalue weighted by atomic mass is 32.2. The summed E-state index contributed by atoms with van der Waals surface area (Å²) in [5.74, 6) is -1.21. The van der Waals surface area contributed by atoms with Crippen molar-refractivity contribution in [1.82, 2.24) is 0 Å². The van der Waals surface area contributed by atoms with Gasteiger partial charge in [-0.25, -0.2) is 18.4 Å². The Bertz CT molecular complexity index is 594. The van der Waals surface area contributed by atoms with Gasteiger partial charge in [-0.3, -0.25) is 0 Å². The molecule has 0 fully saturated rings. The molecule has 0 saturated carbocycles. The van der Waals surface area contributed by atoms with Crippen LogP contribution in [0.1, 0.15) is 37.6 Å². The maximum absolute atomic E-state index is 11.2. The monoisotopic (exact) mass is 286 g/mol. The molecule has 1 aromatic rings. The topological polar surface area (TPSA) is 109 Å². The third-order valence-corrected chi connectivity index (χ3v) is 3.82. The molecule has 106 valence electrons. The van der Waals surface area contributed by atoms with Crippen LogP contribution in [0.5, 0.6) is 0 Å². The summed E-state index contributed by atoms with van der Waals surface area (Å²) in [7, 11) is -3.92. The van der Waals surface area contributed by atoms with Gasteiger partial charge < -0.3 is 10.4 Å². The lowest BCUT2D eigenvalue weighted by Gasteiger charge is -2.27. The van der Waals surface area contributed by atoms with Gasteiger partial charge in [-0.05, 0) is 38.5 Å². The maximum atomic E-state index is 11.2. The second-order valence-corrected chi connectivity index (χ2v) is 6.48.